The van der Waals surface area contributed by atoms with Gasteiger partial charge in [0, 0.05) is 47.9 Å². The minimum Gasteiger partial charge on any atom is -0.493 e. The first kappa shape index (κ1) is 21.5. The Morgan fingerprint density at radius 3 is 2.72 bits per heavy atom. The van der Waals surface area contributed by atoms with Gasteiger partial charge in [0.25, 0.3) is 5.91 Å². The van der Waals surface area contributed by atoms with E-state index in [0.717, 1.165) is 23.2 Å². The molecule has 0 aliphatic heterocycles. The normalized spacial score (nSPS) is 12.0. The van der Waals surface area contributed by atoms with Crippen molar-refractivity contribution in [1.82, 2.24) is 20.3 Å². The number of imidazole rings is 1. The van der Waals surface area contributed by atoms with Gasteiger partial charge in [-0.15, -0.1) is 0 Å². The summed E-state index contributed by atoms with van der Waals surface area (Å²) >= 11 is 0. The topological polar surface area (TPSA) is 79.9 Å². The maximum Gasteiger partial charge on any atom is 0.251 e. The van der Waals surface area contributed by atoms with E-state index >= 15 is 0 Å². The van der Waals surface area contributed by atoms with Crippen molar-refractivity contribution >= 4 is 16.8 Å². The lowest BCUT2D eigenvalue weighted by Crippen LogP contribution is -2.29. The first-order valence-electron chi connectivity index (χ1n) is 10.6. The maximum atomic E-state index is 13.3. The van der Waals surface area contributed by atoms with Crippen LogP contribution in [0.2, 0.25) is 0 Å². The van der Waals surface area contributed by atoms with E-state index in [1.54, 1.807) is 36.7 Å². The van der Waals surface area contributed by atoms with Crippen LogP contribution < -0.4 is 10.1 Å². The molecule has 1 amide bonds. The third-order valence-corrected chi connectivity index (χ3v) is 5.18. The second kappa shape index (κ2) is 9.60. The number of pyridine rings is 1. The van der Waals surface area contributed by atoms with Crippen molar-refractivity contribution in [2.45, 2.75) is 20.3 Å². The van der Waals surface area contributed by atoms with E-state index < -0.39 is 0 Å². The first-order valence-corrected chi connectivity index (χ1v) is 10.6. The molecule has 164 valence electrons. The Morgan fingerprint density at radius 1 is 1.19 bits per heavy atom. The molecule has 1 unspecified atom stereocenters. The molecule has 0 radical (unpaired) electrons. The molecule has 6 nitrogen and oxygen atoms in total. The van der Waals surface area contributed by atoms with Crippen LogP contribution in [-0.2, 0) is 6.42 Å². The van der Waals surface area contributed by atoms with Gasteiger partial charge in [-0.25, -0.2) is 14.4 Å². The van der Waals surface area contributed by atoms with Crippen molar-refractivity contribution in [3.8, 4) is 17.0 Å². The number of hydrogen-bond acceptors (Lipinski definition) is 4. The van der Waals surface area contributed by atoms with Crippen LogP contribution >= 0.6 is 0 Å². The molecule has 2 aromatic carbocycles. The summed E-state index contributed by atoms with van der Waals surface area (Å²) in [5.41, 5.74) is 2.60. The van der Waals surface area contributed by atoms with Crippen molar-refractivity contribution < 1.29 is 13.9 Å². The molecule has 0 spiro atoms. The number of H-pyrrole nitrogens is 1. The zero-order chi connectivity index (χ0) is 22.5. The van der Waals surface area contributed by atoms with Crippen LogP contribution in [0, 0.1) is 11.7 Å². The molecular formula is C25H25FN4O2. The molecular weight excluding hydrogens is 407 g/mol. The summed E-state index contributed by atoms with van der Waals surface area (Å²) in [7, 11) is 0. The van der Waals surface area contributed by atoms with Crippen LogP contribution in [0.15, 0.2) is 60.9 Å². The van der Waals surface area contributed by atoms with E-state index in [2.05, 4.69) is 22.2 Å². The third kappa shape index (κ3) is 4.94. The standard InChI is InChI=1S/C25H25FN4O2/c1-3-32-23-14-21(17-4-7-19(26)8-5-17)30-22-13-18(6-9-20(22)23)25(31)29-15-16(2)12-24-27-10-11-28-24/h4-11,13-14,16H,3,12,15H2,1-2H3,(H,27,28)(H,29,31). The first-order chi connectivity index (χ1) is 15.5. The van der Waals surface area contributed by atoms with Gasteiger partial charge in [-0.1, -0.05) is 6.92 Å². The van der Waals surface area contributed by atoms with E-state index in [1.807, 2.05) is 19.1 Å². The second-order valence-corrected chi connectivity index (χ2v) is 7.73. The lowest BCUT2D eigenvalue weighted by molar-refractivity contribution is 0.0948. The summed E-state index contributed by atoms with van der Waals surface area (Å²) in [6.07, 6.45) is 4.27. The van der Waals surface area contributed by atoms with Gasteiger partial charge in [0.1, 0.15) is 17.4 Å². The molecule has 0 saturated heterocycles. The van der Waals surface area contributed by atoms with Crippen molar-refractivity contribution in [2.24, 2.45) is 5.92 Å². The van der Waals surface area contributed by atoms with Gasteiger partial charge in [-0.2, -0.15) is 0 Å². The lowest BCUT2D eigenvalue weighted by Gasteiger charge is -2.13. The summed E-state index contributed by atoms with van der Waals surface area (Å²) in [5.74, 6) is 1.34. The molecule has 4 rings (SSSR count). The number of halogens is 1. The van der Waals surface area contributed by atoms with Crippen molar-refractivity contribution in [1.29, 1.82) is 0 Å². The molecule has 0 saturated carbocycles. The summed E-state index contributed by atoms with van der Waals surface area (Å²) in [6, 6.07) is 13.4. The number of fused-ring (bicyclic) bond motifs is 1. The summed E-state index contributed by atoms with van der Waals surface area (Å²) in [5, 5.41) is 3.81. The van der Waals surface area contributed by atoms with Gasteiger partial charge in [-0.05, 0) is 55.3 Å². The van der Waals surface area contributed by atoms with Gasteiger partial charge in [-0.3, -0.25) is 4.79 Å². The molecule has 0 fully saturated rings. The Labute approximate surface area is 185 Å². The fraction of sp³-hybridized carbons (Fsp3) is 0.240. The number of hydrogen-bond donors (Lipinski definition) is 2. The smallest absolute Gasteiger partial charge is 0.251 e. The number of carbonyl (C=O) groups excluding carboxylic acids is 1. The number of rotatable bonds is 8. The van der Waals surface area contributed by atoms with Crippen LogP contribution in [0.25, 0.3) is 22.2 Å². The van der Waals surface area contributed by atoms with Gasteiger partial charge < -0.3 is 15.0 Å². The van der Waals surface area contributed by atoms with E-state index in [4.69, 9.17) is 9.72 Å². The molecule has 32 heavy (non-hydrogen) atoms. The highest BCUT2D eigenvalue weighted by Crippen LogP contribution is 2.31. The number of ether oxygens (including phenoxy) is 1. The minimum absolute atomic E-state index is 0.162. The van der Waals surface area contributed by atoms with Gasteiger partial charge in [0.15, 0.2) is 0 Å². The fourth-order valence-electron chi connectivity index (χ4n) is 3.56. The predicted molar refractivity (Wildman–Crippen MR) is 122 cm³/mol. The average molecular weight is 432 g/mol. The summed E-state index contributed by atoms with van der Waals surface area (Å²) in [4.78, 5) is 24.8. The van der Waals surface area contributed by atoms with Crippen molar-refractivity contribution in [2.75, 3.05) is 13.2 Å². The van der Waals surface area contributed by atoms with Crippen LogP contribution in [0.1, 0.15) is 30.0 Å². The number of nitrogens with one attached hydrogen (secondary N) is 2. The molecule has 2 aromatic heterocycles. The van der Waals surface area contributed by atoms with E-state index in [-0.39, 0.29) is 17.6 Å². The monoisotopic (exact) mass is 432 g/mol. The SMILES string of the molecule is CCOc1cc(-c2ccc(F)cc2)nc2cc(C(=O)NCC(C)Cc3ncc[nH]3)ccc12. The Hall–Kier alpha value is -3.74. The van der Waals surface area contributed by atoms with Gasteiger partial charge in [0.2, 0.25) is 0 Å². The Balaban J connectivity index is 1.57. The summed E-state index contributed by atoms with van der Waals surface area (Å²) in [6.45, 7) is 5.01. The number of aromatic amines is 1. The molecule has 2 heterocycles. The van der Waals surface area contributed by atoms with Crippen molar-refractivity contribution in [3.63, 3.8) is 0 Å². The molecule has 4 aromatic rings. The zero-order valence-electron chi connectivity index (χ0n) is 18.1. The highest BCUT2D eigenvalue weighted by atomic mass is 19.1. The number of benzene rings is 2. The Kier molecular flexibility index (Phi) is 6.44. The second-order valence-electron chi connectivity index (χ2n) is 7.73. The molecule has 0 aliphatic rings. The largest absolute Gasteiger partial charge is 0.493 e. The Morgan fingerprint density at radius 2 is 2.00 bits per heavy atom. The van der Waals surface area contributed by atoms with Crippen LogP contribution in [-0.4, -0.2) is 34.0 Å². The number of amides is 1. The van der Waals surface area contributed by atoms with Gasteiger partial charge in [0.05, 0.1) is 17.8 Å². The van der Waals surface area contributed by atoms with E-state index in [9.17, 15) is 9.18 Å². The third-order valence-electron chi connectivity index (χ3n) is 5.18. The average Bonchev–Trinajstić information content (AvgIpc) is 3.30. The predicted octanol–water partition coefficient (Wildman–Crippen LogP) is 4.77. The molecule has 0 aliphatic carbocycles. The van der Waals surface area contributed by atoms with E-state index in [1.165, 1.54) is 12.1 Å². The Bertz CT molecular complexity index is 1210. The fourth-order valence-corrected chi connectivity index (χ4v) is 3.56. The van der Waals surface area contributed by atoms with Gasteiger partial charge >= 0.3 is 0 Å². The lowest BCUT2D eigenvalue weighted by atomic mass is 10.1. The summed E-state index contributed by atoms with van der Waals surface area (Å²) < 4.78 is 19.1. The molecule has 2 N–H and O–H groups in total. The zero-order valence-corrected chi connectivity index (χ0v) is 18.1. The molecule has 7 heteroatoms. The number of aromatic nitrogens is 3. The number of carbonyl (C=O) groups is 1. The maximum absolute atomic E-state index is 13.3. The minimum atomic E-state index is -0.306. The van der Waals surface area contributed by atoms with E-state index in [0.29, 0.717) is 35.7 Å². The quantitative estimate of drug-likeness (QED) is 0.420. The highest BCUT2D eigenvalue weighted by molar-refractivity contribution is 5.99. The number of nitrogens with zero attached hydrogens (tertiary/aromatic N) is 2. The van der Waals surface area contributed by atoms with Crippen LogP contribution in [0.5, 0.6) is 5.75 Å². The van der Waals surface area contributed by atoms with Crippen molar-refractivity contribution in [3.05, 3.63) is 78.1 Å². The molecule has 0 bridgehead atoms. The van der Waals surface area contributed by atoms with Crippen LogP contribution in [0.4, 0.5) is 4.39 Å². The highest BCUT2D eigenvalue weighted by Gasteiger charge is 2.14. The molecule has 1 atom stereocenters. The van der Waals surface area contributed by atoms with Crippen LogP contribution in [0.3, 0.4) is 0 Å².